The van der Waals surface area contributed by atoms with Crippen LogP contribution in [0, 0.1) is 0 Å². The predicted octanol–water partition coefficient (Wildman–Crippen LogP) is -0.667. The van der Waals surface area contributed by atoms with E-state index in [2.05, 4.69) is 0 Å². The molecule has 0 spiro atoms. The standard InChI is InChI=1S/C10H21NO4/c1-6-9(13)10(14)7(15-6)4-2-3-5-8(11)12/h6-10,12-14H,2-5,11H2,1H3/t6-,7+,8?,9?,10-/m0/s1. The third kappa shape index (κ3) is 3.70. The Balaban J connectivity index is 2.17. The van der Waals surface area contributed by atoms with Crippen LogP contribution in [0.15, 0.2) is 0 Å². The van der Waals surface area contributed by atoms with Crippen molar-refractivity contribution in [3.05, 3.63) is 0 Å². The maximum Gasteiger partial charge on any atom is 0.109 e. The molecule has 0 radical (unpaired) electrons. The van der Waals surface area contributed by atoms with Crippen LogP contribution in [0.3, 0.4) is 0 Å². The summed E-state index contributed by atoms with van der Waals surface area (Å²) in [5, 5.41) is 27.9. The summed E-state index contributed by atoms with van der Waals surface area (Å²) < 4.78 is 5.40. The molecule has 2 unspecified atom stereocenters. The first-order chi connectivity index (χ1) is 7.02. The van der Waals surface area contributed by atoms with E-state index in [0.717, 1.165) is 12.8 Å². The number of unbranched alkanes of at least 4 members (excludes halogenated alkanes) is 1. The minimum atomic E-state index is -0.789. The lowest BCUT2D eigenvalue weighted by molar-refractivity contribution is 0.00944. The minimum Gasteiger partial charge on any atom is -0.388 e. The number of rotatable bonds is 5. The van der Waals surface area contributed by atoms with E-state index in [-0.39, 0.29) is 12.2 Å². The fourth-order valence-electron chi connectivity index (χ4n) is 1.87. The van der Waals surface area contributed by atoms with Gasteiger partial charge in [-0.25, -0.2) is 0 Å². The zero-order valence-corrected chi connectivity index (χ0v) is 9.04. The molecule has 0 bridgehead atoms. The largest absolute Gasteiger partial charge is 0.388 e. The van der Waals surface area contributed by atoms with Gasteiger partial charge in [-0.2, -0.15) is 0 Å². The Kier molecular flexibility index (Phi) is 4.95. The molecule has 0 aromatic carbocycles. The van der Waals surface area contributed by atoms with Gasteiger partial charge in [-0.15, -0.1) is 0 Å². The van der Waals surface area contributed by atoms with Gasteiger partial charge in [0, 0.05) is 0 Å². The van der Waals surface area contributed by atoms with Gasteiger partial charge in [0.2, 0.25) is 0 Å². The lowest BCUT2D eigenvalue weighted by Gasteiger charge is -2.14. The van der Waals surface area contributed by atoms with Gasteiger partial charge in [-0.05, 0) is 26.2 Å². The van der Waals surface area contributed by atoms with Crippen LogP contribution in [0.1, 0.15) is 32.6 Å². The zero-order valence-electron chi connectivity index (χ0n) is 9.04. The summed E-state index contributed by atoms with van der Waals surface area (Å²) >= 11 is 0. The third-order valence-electron chi connectivity index (χ3n) is 2.84. The molecule has 5 nitrogen and oxygen atoms in total. The van der Waals surface area contributed by atoms with Crippen molar-refractivity contribution in [3.63, 3.8) is 0 Å². The number of ether oxygens (including phenoxy) is 1. The highest BCUT2D eigenvalue weighted by Gasteiger charge is 2.39. The normalized spacial score (nSPS) is 38.2. The van der Waals surface area contributed by atoms with Crippen LogP contribution < -0.4 is 5.73 Å². The monoisotopic (exact) mass is 219 g/mol. The average molecular weight is 219 g/mol. The maximum atomic E-state index is 9.59. The van der Waals surface area contributed by atoms with Crippen molar-refractivity contribution < 1.29 is 20.1 Å². The Bertz CT molecular complexity index is 188. The molecule has 90 valence electrons. The van der Waals surface area contributed by atoms with E-state index < -0.39 is 18.4 Å². The van der Waals surface area contributed by atoms with Gasteiger partial charge in [0.25, 0.3) is 0 Å². The molecule has 15 heavy (non-hydrogen) atoms. The molecule has 1 fully saturated rings. The number of nitrogens with two attached hydrogens (primary N) is 1. The molecule has 0 aliphatic carbocycles. The molecule has 5 atom stereocenters. The third-order valence-corrected chi connectivity index (χ3v) is 2.84. The Hall–Kier alpha value is -0.200. The second-order valence-corrected chi connectivity index (χ2v) is 4.21. The van der Waals surface area contributed by atoms with Crippen LogP contribution in [0.25, 0.3) is 0 Å². The molecule has 1 heterocycles. The van der Waals surface area contributed by atoms with E-state index in [4.69, 9.17) is 15.6 Å². The second-order valence-electron chi connectivity index (χ2n) is 4.21. The first kappa shape index (κ1) is 12.9. The summed E-state index contributed by atoms with van der Waals surface area (Å²) in [6.45, 7) is 1.75. The molecule has 1 saturated heterocycles. The van der Waals surface area contributed by atoms with Crippen molar-refractivity contribution in [2.45, 2.75) is 63.3 Å². The first-order valence-electron chi connectivity index (χ1n) is 5.47. The zero-order chi connectivity index (χ0) is 11.4. The molecule has 5 heteroatoms. The van der Waals surface area contributed by atoms with Crippen LogP contribution in [0.2, 0.25) is 0 Å². The van der Waals surface area contributed by atoms with Gasteiger partial charge in [0.15, 0.2) is 0 Å². The second kappa shape index (κ2) is 5.77. The summed E-state index contributed by atoms with van der Waals surface area (Å²) in [4.78, 5) is 0. The highest BCUT2D eigenvalue weighted by molar-refractivity contribution is 4.88. The molecule has 0 saturated carbocycles. The van der Waals surface area contributed by atoms with E-state index in [1.807, 2.05) is 0 Å². The van der Waals surface area contributed by atoms with Gasteiger partial charge >= 0.3 is 0 Å². The quantitative estimate of drug-likeness (QED) is 0.363. The smallest absolute Gasteiger partial charge is 0.109 e. The van der Waals surface area contributed by atoms with E-state index in [1.54, 1.807) is 6.92 Å². The van der Waals surface area contributed by atoms with Crippen molar-refractivity contribution >= 4 is 0 Å². The first-order valence-corrected chi connectivity index (χ1v) is 5.47. The Labute approximate surface area is 89.9 Å². The van der Waals surface area contributed by atoms with Crippen molar-refractivity contribution in [2.75, 3.05) is 0 Å². The van der Waals surface area contributed by atoms with Gasteiger partial charge < -0.3 is 25.8 Å². The number of aliphatic hydroxyl groups excluding tert-OH is 3. The SMILES string of the molecule is C[C@@H]1O[C@H](CCCCC(N)O)[C@H](O)C1O. The fourth-order valence-corrected chi connectivity index (χ4v) is 1.87. The van der Waals surface area contributed by atoms with Crippen molar-refractivity contribution in [2.24, 2.45) is 5.73 Å². The summed E-state index contributed by atoms with van der Waals surface area (Å²) in [5.74, 6) is 0. The van der Waals surface area contributed by atoms with E-state index in [0.29, 0.717) is 12.8 Å². The van der Waals surface area contributed by atoms with Crippen LogP contribution in [0.5, 0.6) is 0 Å². The highest BCUT2D eigenvalue weighted by atomic mass is 16.5. The maximum absolute atomic E-state index is 9.59. The van der Waals surface area contributed by atoms with Crippen molar-refractivity contribution in [3.8, 4) is 0 Å². The molecular weight excluding hydrogens is 198 g/mol. The summed E-state index contributed by atoms with van der Waals surface area (Å²) in [6.07, 6.45) is -0.0442. The fraction of sp³-hybridized carbons (Fsp3) is 1.00. The van der Waals surface area contributed by atoms with Gasteiger partial charge in [0.05, 0.1) is 12.2 Å². The molecule has 1 rings (SSSR count). The molecule has 5 N–H and O–H groups in total. The van der Waals surface area contributed by atoms with Crippen LogP contribution in [-0.4, -0.2) is 46.0 Å². The lowest BCUT2D eigenvalue weighted by atomic mass is 10.0. The van der Waals surface area contributed by atoms with Crippen molar-refractivity contribution in [1.82, 2.24) is 0 Å². The molecule has 0 aromatic rings. The van der Waals surface area contributed by atoms with Crippen LogP contribution in [-0.2, 0) is 4.74 Å². The van der Waals surface area contributed by atoms with Crippen LogP contribution >= 0.6 is 0 Å². The highest BCUT2D eigenvalue weighted by Crippen LogP contribution is 2.24. The Morgan fingerprint density at radius 2 is 1.93 bits per heavy atom. The lowest BCUT2D eigenvalue weighted by Crippen LogP contribution is -2.31. The average Bonchev–Trinajstić information content (AvgIpc) is 2.41. The molecular formula is C10H21NO4. The summed E-state index contributed by atoms with van der Waals surface area (Å²) in [5.41, 5.74) is 5.19. The number of hydrogen-bond acceptors (Lipinski definition) is 5. The van der Waals surface area contributed by atoms with Crippen molar-refractivity contribution in [1.29, 1.82) is 0 Å². The molecule has 0 amide bonds. The topological polar surface area (TPSA) is 95.9 Å². The van der Waals surface area contributed by atoms with E-state index in [1.165, 1.54) is 0 Å². The van der Waals surface area contributed by atoms with Gasteiger partial charge in [-0.1, -0.05) is 6.42 Å². The van der Waals surface area contributed by atoms with Crippen LogP contribution in [0.4, 0.5) is 0 Å². The van der Waals surface area contributed by atoms with Gasteiger partial charge in [-0.3, -0.25) is 0 Å². The van der Waals surface area contributed by atoms with E-state index in [9.17, 15) is 10.2 Å². The molecule has 0 aromatic heterocycles. The minimum absolute atomic E-state index is 0.287. The summed E-state index contributed by atoms with van der Waals surface area (Å²) in [6, 6.07) is 0. The summed E-state index contributed by atoms with van der Waals surface area (Å²) in [7, 11) is 0. The Morgan fingerprint density at radius 1 is 1.27 bits per heavy atom. The molecule has 1 aliphatic heterocycles. The van der Waals surface area contributed by atoms with E-state index >= 15 is 0 Å². The number of hydrogen-bond donors (Lipinski definition) is 4. The number of aliphatic hydroxyl groups is 3. The molecule has 1 aliphatic rings. The Morgan fingerprint density at radius 3 is 2.40 bits per heavy atom. The predicted molar refractivity (Wildman–Crippen MR) is 55.0 cm³/mol. The van der Waals surface area contributed by atoms with Gasteiger partial charge in [0.1, 0.15) is 18.4 Å².